The highest BCUT2D eigenvalue weighted by Gasteiger charge is 2.23. The third-order valence-electron chi connectivity index (χ3n) is 7.17. The molecular formula is C29H25N5O14S4. The van der Waals surface area contributed by atoms with E-state index in [-0.39, 0.29) is 50.9 Å². The average molecular weight is 796 g/mol. The van der Waals surface area contributed by atoms with Crippen molar-refractivity contribution in [1.82, 2.24) is 0 Å². The van der Waals surface area contributed by atoms with Crippen LogP contribution in [0.4, 0.5) is 28.4 Å². The highest BCUT2D eigenvalue weighted by Crippen LogP contribution is 2.43. The summed E-state index contributed by atoms with van der Waals surface area (Å²) in [7, 11) is -17.7. The number of aromatic hydroxyl groups is 1. The first-order valence-electron chi connectivity index (χ1n) is 14.1. The van der Waals surface area contributed by atoms with Gasteiger partial charge in [0.25, 0.3) is 40.5 Å². The molecule has 0 fully saturated rings. The SMILES string of the molecule is COc1cc(/N=N/c2ccc3cc(S(=O)(=O)O)cc(S(=O)(=O)O)c3c2)ccc1/N=N/c1c(S(=O)(=O)O)cc2ccc(NCCS(=O)(=O)O)cc2c1O. The van der Waals surface area contributed by atoms with Crippen LogP contribution >= 0.6 is 0 Å². The summed E-state index contributed by atoms with van der Waals surface area (Å²) in [5, 5.41) is 29.9. The van der Waals surface area contributed by atoms with Gasteiger partial charge in [-0.2, -0.15) is 43.9 Å². The molecule has 0 aliphatic carbocycles. The Morgan fingerprint density at radius 2 is 1.25 bits per heavy atom. The molecule has 0 heterocycles. The summed E-state index contributed by atoms with van der Waals surface area (Å²) < 4.78 is 137. The van der Waals surface area contributed by atoms with Crippen molar-refractivity contribution in [2.24, 2.45) is 20.5 Å². The second-order valence-corrected chi connectivity index (χ2v) is 16.5. The van der Waals surface area contributed by atoms with E-state index in [0.29, 0.717) is 11.8 Å². The Labute approximate surface area is 295 Å². The molecular weight excluding hydrogens is 771 g/mol. The molecule has 5 aromatic rings. The second kappa shape index (κ2) is 14.1. The topological polar surface area (TPSA) is 308 Å². The lowest BCUT2D eigenvalue weighted by atomic mass is 10.1. The van der Waals surface area contributed by atoms with Gasteiger partial charge in [-0.3, -0.25) is 18.2 Å². The number of anilines is 1. The fraction of sp³-hybridized carbons (Fsp3) is 0.103. The van der Waals surface area contributed by atoms with Gasteiger partial charge in [0.1, 0.15) is 26.9 Å². The monoisotopic (exact) mass is 795 g/mol. The minimum atomic E-state index is -4.95. The van der Waals surface area contributed by atoms with Gasteiger partial charge in [-0.25, -0.2) is 0 Å². The zero-order chi connectivity index (χ0) is 38.2. The van der Waals surface area contributed by atoms with Crippen LogP contribution in [-0.2, 0) is 40.5 Å². The number of phenolic OH excluding ortho intramolecular Hbond substituents is 1. The molecule has 0 saturated carbocycles. The number of nitrogens with zero attached hydrogens (tertiary/aromatic N) is 4. The Morgan fingerprint density at radius 3 is 1.87 bits per heavy atom. The van der Waals surface area contributed by atoms with Gasteiger partial charge in [0.2, 0.25) is 0 Å². The first-order chi connectivity index (χ1) is 24.1. The van der Waals surface area contributed by atoms with Gasteiger partial charge in [0, 0.05) is 29.1 Å². The lowest BCUT2D eigenvalue weighted by molar-refractivity contribution is 0.416. The number of hydrogen-bond acceptors (Lipinski definition) is 15. The zero-order valence-corrected chi connectivity index (χ0v) is 29.4. The molecule has 19 nitrogen and oxygen atoms in total. The fourth-order valence-electron chi connectivity index (χ4n) is 4.81. The Kier molecular flexibility index (Phi) is 10.3. The van der Waals surface area contributed by atoms with Crippen LogP contribution in [0.3, 0.4) is 0 Å². The van der Waals surface area contributed by atoms with Crippen molar-refractivity contribution < 1.29 is 61.7 Å². The highest BCUT2D eigenvalue weighted by molar-refractivity contribution is 7.87. The number of rotatable bonds is 12. The van der Waals surface area contributed by atoms with E-state index in [1.54, 1.807) is 0 Å². The Morgan fingerprint density at radius 1 is 0.635 bits per heavy atom. The number of phenols is 1. The fourth-order valence-corrected chi connectivity index (χ4v) is 7.17. The van der Waals surface area contributed by atoms with Crippen molar-refractivity contribution in [2.75, 3.05) is 24.7 Å². The minimum Gasteiger partial charge on any atom is -0.505 e. The molecule has 0 amide bonds. The van der Waals surface area contributed by atoms with Gasteiger partial charge >= 0.3 is 0 Å². The summed E-state index contributed by atoms with van der Waals surface area (Å²) in [5.41, 5.74) is -0.106. The molecule has 23 heteroatoms. The van der Waals surface area contributed by atoms with E-state index in [2.05, 4.69) is 25.8 Å². The molecule has 5 rings (SSSR count). The van der Waals surface area contributed by atoms with Crippen molar-refractivity contribution >= 4 is 90.5 Å². The summed E-state index contributed by atoms with van der Waals surface area (Å²) in [6, 6.07) is 14.8. The van der Waals surface area contributed by atoms with Crippen molar-refractivity contribution in [3.63, 3.8) is 0 Å². The van der Waals surface area contributed by atoms with Crippen LogP contribution in [0.5, 0.6) is 11.5 Å². The Bertz CT molecular complexity index is 2770. The molecule has 0 spiro atoms. The number of benzene rings is 5. The highest BCUT2D eigenvalue weighted by atomic mass is 32.2. The largest absolute Gasteiger partial charge is 0.505 e. The van der Waals surface area contributed by atoms with E-state index in [9.17, 15) is 52.4 Å². The first-order valence-corrected chi connectivity index (χ1v) is 20.1. The number of azo groups is 2. The molecule has 0 atom stereocenters. The first kappa shape index (κ1) is 38.1. The maximum atomic E-state index is 12.2. The maximum Gasteiger partial charge on any atom is 0.296 e. The maximum absolute atomic E-state index is 12.2. The van der Waals surface area contributed by atoms with E-state index in [1.165, 1.54) is 61.7 Å². The molecule has 0 saturated heterocycles. The van der Waals surface area contributed by atoms with Gasteiger partial charge in [0.05, 0.1) is 29.1 Å². The molecule has 0 aliphatic rings. The molecule has 0 aromatic heterocycles. The van der Waals surface area contributed by atoms with Gasteiger partial charge in [-0.15, -0.1) is 10.2 Å². The van der Waals surface area contributed by atoms with Crippen molar-refractivity contribution in [3.05, 3.63) is 72.8 Å². The molecule has 274 valence electrons. The van der Waals surface area contributed by atoms with Crippen LogP contribution < -0.4 is 10.1 Å². The molecule has 0 unspecified atom stereocenters. The van der Waals surface area contributed by atoms with Gasteiger partial charge in [-0.05, 0) is 65.4 Å². The van der Waals surface area contributed by atoms with E-state index < -0.39 is 72.3 Å². The lowest BCUT2D eigenvalue weighted by Crippen LogP contribution is -2.14. The van der Waals surface area contributed by atoms with Crippen LogP contribution in [0.15, 0.2) is 108 Å². The lowest BCUT2D eigenvalue weighted by Gasteiger charge is -2.11. The number of nitrogens with one attached hydrogen (secondary N) is 1. The summed E-state index contributed by atoms with van der Waals surface area (Å²) in [5.74, 6) is -1.27. The zero-order valence-electron chi connectivity index (χ0n) is 26.2. The minimum absolute atomic E-state index is 0.000930. The quantitative estimate of drug-likeness (QED) is 0.0663. The standard InChI is InChI=1S/C29H25N5O14S4/c1-48-25-14-20(32-31-19-5-3-16-10-21(50(39,40)41)15-26(22(16)13-19)51(42,43)44)6-7-24(25)33-34-28-27(52(45,46)47)11-17-2-4-18(12-23(17)29(28)35)30-8-9-49(36,37)38/h2-7,10-15,30,35H,8-9H2,1H3,(H,36,37,38)(H,39,40,41)(H,42,43,44)(H,45,46,47)/b32-31+,34-33+. The molecule has 0 radical (unpaired) electrons. The van der Waals surface area contributed by atoms with Crippen LogP contribution in [0.1, 0.15) is 0 Å². The van der Waals surface area contributed by atoms with Crippen molar-refractivity contribution in [1.29, 1.82) is 0 Å². The van der Waals surface area contributed by atoms with Gasteiger partial charge in [0.15, 0.2) is 5.75 Å². The van der Waals surface area contributed by atoms with Crippen LogP contribution in [0, 0.1) is 0 Å². The summed E-state index contributed by atoms with van der Waals surface area (Å²) in [4.78, 5) is -2.33. The number of ether oxygens (including phenoxy) is 1. The number of hydrogen-bond donors (Lipinski definition) is 6. The molecule has 6 N–H and O–H groups in total. The Hall–Kier alpha value is -5.14. The molecule has 0 aliphatic heterocycles. The second-order valence-electron chi connectivity index (χ2n) is 10.7. The predicted octanol–water partition coefficient (Wildman–Crippen LogP) is 5.58. The summed E-state index contributed by atoms with van der Waals surface area (Å²) in [6.07, 6.45) is 0. The number of fused-ring (bicyclic) bond motifs is 2. The third kappa shape index (κ3) is 8.83. The van der Waals surface area contributed by atoms with Crippen molar-refractivity contribution in [2.45, 2.75) is 14.7 Å². The van der Waals surface area contributed by atoms with Gasteiger partial charge in [-0.1, -0.05) is 12.1 Å². The van der Waals surface area contributed by atoms with Crippen LogP contribution in [-0.4, -0.2) is 76.4 Å². The van der Waals surface area contributed by atoms with Gasteiger partial charge < -0.3 is 15.2 Å². The van der Waals surface area contributed by atoms with E-state index in [4.69, 9.17) is 9.29 Å². The van der Waals surface area contributed by atoms with Crippen LogP contribution in [0.25, 0.3) is 21.5 Å². The van der Waals surface area contributed by atoms with Crippen molar-refractivity contribution in [3.8, 4) is 11.5 Å². The summed E-state index contributed by atoms with van der Waals surface area (Å²) >= 11 is 0. The Balaban J connectivity index is 1.48. The normalized spacial score (nSPS) is 13.0. The number of methoxy groups -OCH3 is 1. The van der Waals surface area contributed by atoms with E-state index in [1.807, 2.05) is 0 Å². The van der Waals surface area contributed by atoms with E-state index in [0.717, 1.165) is 12.1 Å². The van der Waals surface area contributed by atoms with E-state index >= 15 is 0 Å². The molecule has 5 aromatic carbocycles. The van der Waals surface area contributed by atoms with Crippen LogP contribution in [0.2, 0.25) is 0 Å². The molecule has 52 heavy (non-hydrogen) atoms. The average Bonchev–Trinajstić information content (AvgIpc) is 3.04. The smallest absolute Gasteiger partial charge is 0.296 e. The summed E-state index contributed by atoms with van der Waals surface area (Å²) in [6.45, 7) is -0.187. The molecule has 0 bridgehead atoms. The third-order valence-corrected chi connectivity index (χ3v) is 10.5. The predicted molar refractivity (Wildman–Crippen MR) is 185 cm³/mol.